The number of rotatable bonds is 5. The summed E-state index contributed by atoms with van der Waals surface area (Å²) in [7, 11) is 1.85. The van der Waals surface area contributed by atoms with E-state index in [0.717, 1.165) is 18.5 Å². The Morgan fingerprint density at radius 3 is 3.11 bits per heavy atom. The quantitative estimate of drug-likeness (QED) is 0.828. The molecule has 1 aliphatic rings. The predicted octanol–water partition coefficient (Wildman–Crippen LogP) is 1.29. The number of hydrogen-bond donors (Lipinski definition) is 2. The molecule has 5 nitrogen and oxygen atoms in total. The zero-order chi connectivity index (χ0) is 12.8. The van der Waals surface area contributed by atoms with E-state index in [-0.39, 0.29) is 5.91 Å². The van der Waals surface area contributed by atoms with E-state index in [1.54, 1.807) is 11.1 Å². The second-order valence-electron chi connectivity index (χ2n) is 5.04. The summed E-state index contributed by atoms with van der Waals surface area (Å²) in [5, 5.41) is 10.1. The van der Waals surface area contributed by atoms with Gasteiger partial charge in [0.25, 0.3) is 0 Å². The van der Waals surface area contributed by atoms with Gasteiger partial charge < -0.3 is 10.2 Å². The van der Waals surface area contributed by atoms with Crippen LogP contribution in [0.1, 0.15) is 37.7 Å². The van der Waals surface area contributed by atoms with Crippen LogP contribution in [0.15, 0.2) is 12.4 Å². The number of aromatic nitrogens is 2. The van der Waals surface area contributed by atoms with Crippen LogP contribution in [0.25, 0.3) is 0 Å². The number of hydrogen-bond acceptors (Lipinski definition) is 3. The minimum absolute atomic E-state index is 0.212. The molecule has 100 valence electrons. The van der Waals surface area contributed by atoms with Gasteiger partial charge in [-0.25, -0.2) is 0 Å². The fourth-order valence-corrected chi connectivity index (χ4v) is 2.39. The van der Waals surface area contributed by atoms with Crippen LogP contribution in [-0.2, 0) is 11.3 Å². The van der Waals surface area contributed by atoms with Crippen molar-refractivity contribution in [3.63, 3.8) is 0 Å². The molecule has 0 radical (unpaired) electrons. The molecule has 0 aromatic carbocycles. The van der Waals surface area contributed by atoms with Crippen molar-refractivity contribution in [2.24, 2.45) is 0 Å². The third-order valence-electron chi connectivity index (χ3n) is 3.52. The number of piperidine rings is 1. The van der Waals surface area contributed by atoms with Crippen molar-refractivity contribution in [2.45, 2.75) is 44.7 Å². The van der Waals surface area contributed by atoms with Crippen molar-refractivity contribution in [2.75, 3.05) is 13.6 Å². The van der Waals surface area contributed by atoms with Crippen molar-refractivity contribution < 1.29 is 4.79 Å². The molecule has 1 unspecified atom stereocenters. The van der Waals surface area contributed by atoms with Crippen molar-refractivity contribution in [3.05, 3.63) is 18.0 Å². The van der Waals surface area contributed by atoms with Gasteiger partial charge >= 0.3 is 0 Å². The third kappa shape index (κ3) is 3.84. The van der Waals surface area contributed by atoms with E-state index in [1.165, 1.54) is 19.3 Å². The molecule has 2 heterocycles. The highest BCUT2D eigenvalue weighted by Gasteiger charge is 2.16. The summed E-state index contributed by atoms with van der Waals surface area (Å²) in [5.74, 6) is 0.212. The van der Waals surface area contributed by atoms with Crippen LogP contribution < -0.4 is 5.32 Å². The normalized spacial score (nSPS) is 19.7. The Kier molecular flexibility index (Phi) is 4.75. The molecule has 0 spiro atoms. The Hall–Kier alpha value is -1.36. The van der Waals surface area contributed by atoms with Crippen molar-refractivity contribution in [1.29, 1.82) is 0 Å². The van der Waals surface area contributed by atoms with Crippen molar-refractivity contribution in [3.8, 4) is 0 Å². The maximum absolute atomic E-state index is 12.0. The highest BCUT2D eigenvalue weighted by Crippen LogP contribution is 2.13. The largest absolute Gasteiger partial charge is 0.341 e. The van der Waals surface area contributed by atoms with E-state index in [1.807, 2.05) is 13.2 Å². The average molecular weight is 250 g/mol. The number of carbonyl (C=O) groups excluding carboxylic acids is 1. The number of H-pyrrole nitrogens is 1. The maximum Gasteiger partial charge on any atom is 0.222 e. The zero-order valence-corrected chi connectivity index (χ0v) is 11.0. The molecule has 1 fully saturated rings. The van der Waals surface area contributed by atoms with Gasteiger partial charge in [0.15, 0.2) is 0 Å². The lowest BCUT2D eigenvalue weighted by Crippen LogP contribution is -2.35. The van der Waals surface area contributed by atoms with Gasteiger partial charge in [-0.05, 0) is 25.8 Å². The van der Waals surface area contributed by atoms with Gasteiger partial charge in [-0.15, -0.1) is 0 Å². The molecule has 0 bridgehead atoms. The van der Waals surface area contributed by atoms with Crippen LogP contribution in [-0.4, -0.2) is 40.6 Å². The lowest BCUT2D eigenvalue weighted by Gasteiger charge is -2.24. The molecule has 2 N–H and O–H groups in total. The van der Waals surface area contributed by atoms with Gasteiger partial charge in [0.1, 0.15) is 0 Å². The Morgan fingerprint density at radius 1 is 1.56 bits per heavy atom. The van der Waals surface area contributed by atoms with Crippen LogP contribution in [0.2, 0.25) is 0 Å². The third-order valence-corrected chi connectivity index (χ3v) is 3.52. The Morgan fingerprint density at radius 2 is 2.44 bits per heavy atom. The molecule has 1 saturated heterocycles. The number of amides is 1. The van der Waals surface area contributed by atoms with E-state index in [0.29, 0.717) is 19.0 Å². The molecule has 1 atom stereocenters. The highest BCUT2D eigenvalue weighted by atomic mass is 16.2. The van der Waals surface area contributed by atoms with Crippen molar-refractivity contribution >= 4 is 5.91 Å². The molecule has 1 aliphatic heterocycles. The van der Waals surface area contributed by atoms with Gasteiger partial charge in [0, 0.05) is 37.8 Å². The van der Waals surface area contributed by atoms with E-state index < -0.39 is 0 Å². The first kappa shape index (κ1) is 13.1. The molecular formula is C13H22N4O. The zero-order valence-electron chi connectivity index (χ0n) is 11.0. The molecular weight excluding hydrogens is 228 g/mol. The molecule has 5 heteroatoms. The fraction of sp³-hybridized carbons (Fsp3) is 0.692. The molecule has 18 heavy (non-hydrogen) atoms. The summed E-state index contributed by atoms with van der Waals surface area (Å²) >= 11 is 0. The molecule has 1 aromatic heterocycles. The number of nitrogens with zero attached hydrogens (tertiary/aromatic N) is 2. The standard InChI is InChI=1S/C13H22N4O/c1-17(10-11-8-15-16-9-11)13(18)6-5-12-4-2-3-7-14-12/h8-9,12,14H,2-7,10H2,1H3,(H,15,16). The van der Waals surface area contributed by atoms with Gasteiger partial charge in [-0.3, -0.25) is 9.89 Å². The first-order chi connectivity index (χ1) is 8.75. The van der Waals surface area contributed by atoms with Gasteiger partial charge in [0.2, 0.25) is 5.91 Å². The predicted molar refractivity (Wildman–Crippen MR) is 69.9 cm³/mol. The number of nitrogens with one attached hydrogen (secondary N) is 2. The first-order valence-electron chi connectivity index (χ1n) is 6.70. The summed E-state index contributed by atoms with van der Waals surface area (Å²) in [6.07, 6.45) is 8.93. The molecule has 2 rings (SSSR count). The molecule has 1 aromatic rings. The van der Waals surface area contributed by atoms with E-state index in [2.05, 4.69) is 15.5 Å². The van der Waals surface area contributed by atoms with Crippen LogP contribution >= 0.6 is 0 Å². The molecule has 0 saturated carbocycles. The Balaban J connectivity index is 1.70. The lowest BCUT2D eigenvalue weighted by molar-refractivity contribution is -0.130. The van der Waals surface area contributed by atoms with Crippen LogP contribution in [0.5, 0.6) is 0 Å². The number of carbonyl (C=O) groups is 1. The first-order valence-corrected chi connectivity index (χ1v) is 6.70. The monoisotopic (exact) mass is 250 g/mol. The minimum Gasteiger partial charge on any atom is -0.341 e. The second kappa shape index (κ2) is 6.54. The lowest BCUT2D eigenvalue weighted by atomic mass is 10.0. The maximum atomic E-state index is 12.0. The van der Waals surface area contributed by atoms with Gasteiger partial charge in [0.05, 0.1) is 6.20 Å². The van der Waals surface area contributed by atoms with Gasteiger partial charge in [-0.1, -0.05) is 6.42 Å². The van der Waals surface area contributed by atoms with Crippen molar-refractivity contribution in [1.82, 2.24) is 20.4 Å². The Bertz CT molecular complexity index is 357. The SMILES string of the molecule is CN(Cc1cn[nH]c1)C(=O)CCC1CCCCN1. The summed E-state index contributed by atoms with van der Waals surface area (Å²) in [6.45, 7) is 1.73. The smallest absolute Gasteiger partial charge is 0.222 e. The minimum atomic E-state index is 0.212. The second-order valence-corrected chi connectivity index (χ2v) is 5.04. The van der Waals surface area contributed by atoms with Gasteiger partial charge in [-0.2, -0.15) is 5.10 Å². The number of aromatic amines is 1. The molecule has 0 aliphatic carbocycles. The van der Waals surface area contributed by atoms with Crippen LogP contribution in [0, 0.1) is 0 Å². The highest BCUT2D eigenvalue weighted by molar-refractivity contribution is 5.75. The van der Waals surface area contributed by atoms with E-state index in [4.69, 9.17) is 0 Å². The average Bonchev–Trinajstić information content (AvgIpc) is 2.90. The van der Waals surface area contributed by atoms with Crippen LogP contribution in [0.4, 0.5) is 0 Å². The summed E-state index contributed by atoms with van der Waals surface area (Å²) in [6, 6.07) is 0.532. The fourth-order valence-electron chi connectivity index (χ4n) is 2.39. The summed E-state index contributed by atoms with van der Waals surface area (Å²) < 4.78 is 0. The topological polar surface area (TPSA) is 61.0 Å². The van der Waals surface area contributed by atoms with E-state index >= 15 is 0 Å². The molecule has 1 amide bonds. The summed E-state index contributed by atoms with van der Waals surface area (Å²) in [5.41, 5.74) is 1.04. The van der Waals surface area contributed by atoms with E-state index in [9.17, 15) is 4.79 Å². The van der Waals surface area contributed by atoms with Crippen LogP contribution in [0.3, 0.4) is 0 Å². The summed E-state index contributed by atoms with van der Waals surface area (Å²) in [4.78, 5) is 13.8. The Labute approximate surface area is 108 Å².